The topological polar surface area (TPSA) is 58.6 Å². The normalized spacial score (nSPS) is 14.3. The van der Waals surface area contributed by atoms with E-state index in [4.69, 9.17) is 17.0 Å². The molecule has 3 aromatic carbocycles. The fourth-order valence-corrected chi connectivity index (χ4v) is 5.05. The minimum atomic E-state index is -0.392. The number of thiocarbonyl (C=S) groups is 1. The SMILES string of the molecule is C=CCOc1ccc(/C=C2/SC(=S)N(c3cccc(C(=O)Nc4ccc(F)cc4)c3)C2=O)cc1Br. The zero-order chi connectivity index (χ0) is 24.9. The summed E-state index contributed by atoms with van der Waals surface area (Å²) in [6, 6.07) is 17.6. The van der Waals surface area contributed by atoms with Gasteiger partial charge in [-0.15, -0.1) is 0 Å². The van der Waals surface area contributed by atoms with Gasteiger partial charge in [0, 0.05) is 11.3 Å². The number of rotatable bonds is 7. The van der Waals surface area contributed by atoms with Crippen LogP contribution in [0.5, 0.6) is 5.75 Å². The van der Waals surface area contributed by atoms with Crippen LogP contribution >= 0.6 is 39.9 Å². The molecule has 3 aromatic rings. The van der Waals surface area contributed by atoms with Gasteiger partial charge in [-0.3, -0.25) is 14.5 Å². The molecule has 0 unspecified atom stereocenters. The van der Waals surface area contributed by atoms with E-state index in [2.05, 4.69) is 27.8 Å². The van der Waals surface area contributed by atoms with Crippen LogP contribution in [-0.2, 0) is 4.79 Å². The monoisotopic (exact) mass is 568 g/mol. The highest BCUT2D eigenvalue weighted by atomic mass is 79.9. The first kappa shape index (κ1) is 24.8. The molecule has 0 spiro atoms. The molecule has 5 nitrogen and oxygen atoms in total. The summed E-state index contributed by atoms with van der Waals surface area (Å²) < 4.78 is 19.8. The van der Waals surface area contributed by atoms with Gasteiger partial charge < -0.3 is 10.1 Å². The highest BCUT2D eigenvalue weighted by molar-refractivity contribution is 9.10. The second kappa shape index (κ2) is 11.0. The van der Waals surface area contributed by atoms with E-state index in [-0.39, 0.29) is 11.8 Å². The third-order valence-electron chi connectivity index (χ3n) is 4.87. The molecular formula is C26H18BrFN2O3S2. The van der Waals surface area contributed by atoms with Gasteiger partial charge in [-0.2, -0.15) is 0 Å². The van der Waals surface area contributed by atoms with Crippen molar-refractivity contribution in [3.05, 3.63) is 106 Å². The molecule has 0 atom stereocenters. The van der Waals surface area contributed by atoms with E-state index in [1.165, 1.54) is 40.9 Å². The minimum Gasteiger partial charge on any atom is -0.488 e. The molecule has 0 aromatic heterocycles. The maximum atomic E-state index is 13.2. The van der Waals surface area contributed by atoms with Gasteiger partial charge in [0.2, 0.25) is 0 Å². The zero-order valence-corrected chi connectivity index (χ0v) is 21.4. The first-order chi connectivity index (χ1) is 16.9. The number of hydrogen-bond donors (Lipinski definition) is 1. The van der Waals surface area contributed by atoms with Crippen LogP contribution in [0.4, 0.5) is 15.8 Å². The molecule has 1 fully saturated rings. The number of halogens is 2. The summed E-state index contributed by atoms with van der Waals surface area (Å²) in [5.41, 5.74) is 2.08. The Morgan fingerprint density at radius 3 is 2.66 bits per heavy atom. The highest BCUT2D eigenvalue weighted by Gasteiger charge is 2.33. The first-order valence-corrected chi connectivity index (χ1v) is 12.4. The van der Waals surface area contributed by atoms with Crippen molar-refractivity contribution < 1.29 is 18.7 Å². The van der Waals surface area contributed by atoms with E-state index in [1.54, 1.807) is 36.4 Å². The fourth-order valence-electron chi connectivity index (χ4n) is 3.24. The Kier molecular flexibility index (Phi) is 7.80. The third-order valence-corrected chi connectivity index (χ3v) is 6.79. The van der Waals surface area contributed by atoms with E-state index >= 15 is 0 Å². The summed E-state index contributed by atoms with van der Waals surface area (Å²) in [6.07, 6.45) is 3.42. The Morgan fingerprint density at radius 2 is 1.94 bits per heavy atom. The summed E-state index contributed by atoms with van der Waals surface area (Å²) in [5, 5.41) is 2.71. The van der Waals surface area contributed by atoms with Gasteiger partial charge >= 0.3 is 0 Å². The van der Waals surface area contributed by atoms with Crippen LogP contribution in [0.2, 0.25) is 0 Å². The Balaban J connectivity index is 1.53. The molecule has 1 saturated heterocycles. The Hall–Kier alpha value is -3.27. The van der Waals surface area contributed by atoms with E-state index in [0.717, 1.165) is 10.0 Å². The number of anilines is 2. The number of carbonyl (C=O) groups excluding carboxylic acids is 2. The van der Waals surface area contributed by atoms with Crippen LogP contribution in [0.25, 0.3) is 6.08 Å². The van der Waals surface area contributed by atoms with Crippen molar-refractivity contribution in [1.82, 2.24) is 0 Å². The Morgan fingerprint density at radius 1 is 1.17 bits per heavy atom. The van der Waals surface area contributed by atoms with Crippen LogP contribution in [0.3, 0.4) is 0 Å². The molecular weight excluding hydrogens is 551 g/mol. The summed E-state index contributed by atoms with van der Waals surface area (Å²) >= 11 is 10.1. The van der Waals surface area contributed by atoms with Gasteiger partial charge in [0.15, 0.2) is 4.32 Å². The van der Waals surface area contributed by atoms with Crippen LogP contribution in [-0.4, -0.2) is 22.7 Å². The van der Waals surface area contributed by atoms with Crippen molar-refractivity contribution >= 4 is 73.5 Å². The van der Waals surface area contributed by atoms with Crippen molar-refractivity contribution in [2.75, 3.05) is 16.8 Å². The fraction of sp³-hybridized carbons (Fsp3) is 0.0385. The molecule has 2 amide bonds. The number of ether oxygens (including phenoxy) is 1. The molecule has 35 heavy (non-hydrogen) atoms. The molecule has 0 aliphatic carbocycles. The van der Waals surface area contributed by atoms with Gasteiger partial charge in [-0.1, -0.05) is 48.8 Å². The molecule has 0 bridgehead atoms. The maximum absolute atomic E-state index is 13.2. The number of carbonyl (C=O) groups is 2. The largest absolute Gasteiger partial charge is 0.488 e. The zero-order valence-electron chi connectivity index (χ0n) is 18.2. The number of hydrogen-bond acceptors (Lipinski definition) is 5. The number of amides is 2. The lowest BCUT2D eigenvalue weighted by Gasteiger charge is -2.15. The van der Waals surface area contributed by atoms with Gasteiger partial charge in [-0.25, -0.2) is 4.39 Å². The summed E-state index contributed by atoms with van der Waals surface area (Å²) in [7, 11) is 0. The third kappa shape index (κ3) is 5.87. The lowest BCUT2D eigenvalue weighted by molar-refractivity contribution is -0.113. The van der Waals surface area contributed by atoms with Crippen LogP contribution < -0.4 is 15.0 Å². The second-order valence-corrected chi connectivity index (χ2v) is 9.85. The molecule has 176 valence electrons. The van der Waals surface area contributed by atoms with Crippen molar-refractivity contribution in [3.63, 3.8) is 0 Å². The number of nitrogens with one attached hydrogen (secondary N) is 1. The number of benzene rings is 3. The smallest absolute Gasteiger partial charge is 0.270 e. The lowest BCUT2D eigenvalue weighted by Crippen LogP contribution is -2.27. The van der Waals surface area contributed by atoms with Gasteiger partial charge in [0.1, 0.15) is 18.2 Å². The summed E-state index contributed by atoms with van der Waals surface area (Å²) in [6.45, 7) is 4.02. The molecule has 1 heterocycles. The second-order valence-electron chi connectivity index (χ2n) is 7.32. The summed E-state index contributed by atoms with van der Waals surface area (Å²) in [5.74, 6) is -0.385. The van der Waals surface area contributed by atoms with Crippen molar-refractivity contribution in [2.45, 2.75) is 0 Å². The maximum Gasteiger partial charge on any atom is 0.270 e. The van der Waals surface area contributed by atoms with Gasteiger partial charge in [-0.05, 0) is 82.2 Å². The lowest BCUT2D eigenvalue weighted by atomic mass is 10.1. The molecule has 0 radical (unpaired) electrons. The number of nitrogens with zero attached hydrogens (tertiary/aromatic N) is 1. The predicted octanol–water partition coefficient (Wildman–Crippen LogP) is 6.81. The van der Waals surface area contributed by atoms with Crippen molar-refractivity contribution in [3.8, 4) is 5.75 Å². The Bertz CT molecular complexity index is 1360. The molecule has 0 saturated carbocycles. The van der Waals surface area contributed by atoms with Gasteiger partial charge in [0.25, 0.3) is 11.8 Å². The summed E-state index contributed by atoms with van der Waals surface area (Å²) in [4.78, 5) is 27.7. The molecule has 1 aliphatic heterocycles. The Labute approximate surface area is 219 Å². The molecule has 1 aliphatic rings. The standard InChI is InChI=1S/C26H18BrFN2O3S2/c1-2-12-33-22-11-6-16(13-21(22)27)14-23-25(32)30(26(34)35-23)20-5-3-4-17(15-20)24(31)29-19-9-7-18(28)8-10-19/h2-11,13-15H,1,12H2,(H,29,31)/b23-14+. The quantitative estimate of drug-likeness (QED) is 0.193. The highest BCUT2D eigenvalue weighted by Crippen LogP contribution is 2.37. The van der Waals surface area contributed by atoms with Crippen molar-refractivity contribution in [1.29, 1.82) is 0 Å². The number of thioether (sulfide) groups is 1. The van der Waals surface area contributed by atoms with Crippen LogP contribution in [0, 0.1) is 5.82 Å². The first-order valence-electron chi connectivity index (χ1n) is 10.3. The van der Waals surface area contributed by atoms with Gasteiger partial charge in [0.05, 0.1) is 15.1 Å². The van der Waals surface area contributed by atoms with E-state index in [1.807, 2.05) is 18.2 Å². The molecule has 9 heteroatoms. The predicted molar refractivity (Wildman–Crippen MR) is 146 cm³/mol. The van der Waals surface area contributed by atoms with E-state index in [0.29, 0.717) is 38.5 Å². The van der Waals surface area contributed by atoms with Crippen LogP contribution in [0.15, 0.2) is 88.8 Å². The van der Waals surface area contributed by atoms with Crippen molar-refractivity contribution in [2.24, 2.45) is 0 Å². The van der Waals surface area contributed by atoms with E-state index < -0.39 is 5.82 Å². The van der Waals surface area contributed by atoms with Crippen LogP contribution in [0.1, 0.15) is 15.9 Å². The average Bonchev–Trinajstić information content (AvgIpc) is 3.12. The molecule has 4 rings (SSSR count). The minimum absolute atomic E-state index is 0.279. The molecule has 1 N–H and O–H groups in total. The van der Waals surface area contributed by atoms with E-state index in [9.17, 15) is 14.0 Å². The average molecular weight is 569 g/mol.